The van der Waals surface area contributed by atoms with E-state index in [1.165, 1.54) is 11.1 Å². The first-order chi connectivity index (χ1) is 10.7. The van der Waals surface area contributed by atoms with E-state index in [1.54, 1.807) is 6.92 Å². The predicted octanol–water partition coefficient (Wildman–Crippen LogP) is 5.24. The highest BCUT2D eigenvalue weighted by atomic mass is 16.1. The van der Waals surface area contributed by atoms with Crippen molar-refractivity contribution in [2.75, 3.05) is 0 Å². The van der Waals surface area contributed by atoms with Gasteiger partial charge >= 0.3 is 0 Å². The van der Waals surface area contributed by atoms with Crippen LogP contribution < -0.4 is 0 Å². The average Bonchev–Trinajstić information content (AvgIpc) is 2.54. The molecule has 0 radical (unpaired) electrons. The number of rotatable bonds is 8. The molecule has 0 unspecified atom stereocenters. The molecule has 0 aliphatic heterocycles. The van der Waals surface area contributed by atoms with Gasteiger partial charge in [0.15, 0.2) is 0 Å². The normalized spacial score (nSPS) is 11.4. The van der Waals surface area contributed by atoms with Crippen molar-refractivity contribution in [2.24, 2.45) is 5.41 Å². The Bertz CT molecular complexity index is 530. The zero-order chi connectivity index (χ0) is 15.8. The molecule has 0 N–H and O–H groups in total. The largest absolute Gasteiger partial charge is 0.299 e. The van der Waals surface area contributed by atoms with E-state index < -0.39 is 0 Å². The highest BCUT2D eigenvalue weighted by Gasteiger charge is 2.35. The molecule has 0 amide bonds. The van der Waals surface area contributed by atoms with E-state index in [0.717, 1.165) is 32.1 Å². The number of ketones is 1. The molecular formula is C21H26O. The second-order valence-corrected chi connectivity index (χ2v) is 6.26. The summed E-state index contributed by atoms with van der Waals surface area (Å²) in [5.74, 6) is 0.314. The lowest BCUT2D eigenvalue weighted by molar-refractivity contribution is -0.127. The second-order valence-electron chi connectivity index (χ2n) is 6.26. The van der Waals surface area contributed by atoms with E-state index in [9.17, 15) is 4.79 Å². The standard InChI is InChI=1S/C21H26O/c1-3-4-15-21(18(2)22,16-19-11-7-5-8-12-19)17-20-13-9-6-10-14-20/h5-14H,3-4,15-17H2,1-2H3. The molecule has 1 heteroatoms. The predicted molar refractivity (Wildman–Crippen MR) is 92.9 cm³/mol. The minimum Gasteiger partial charge on any atom is -0.299 e. The van der Waals surface area contributed by atoms with Crippen LogP contribution in [0.1, 0.15) is 44.2 Å². The van der Waals surface area contributed by atoms with Gasteiger partial charge in [0.1, 0.15) is 5.78 Å². The Hall–Kier alpha value is -1.89. The summed E-state index contributed by atoms with van der Waals surface area (Å²) < 4.78 is 0. The number of hydrogen-bond acceptors (Lipinski definition) is 1. The van der Waals surface area contributed by atoms with Gasteiger partial charge in [0.2, 0.25) is 0 Å². The van der Waals surface area contributed by atoms with Gasteiger partial charge in [-0.15, -0.1) is 0 Å². The molecule has 0 saturated carbocycles. The maximum absolute atomic E-state index is 12.6. The van der Waals surface area contributed by atoms with E-state index in [-0.39, 0.29) is 5.41 Å². The minimum absolute atomic E-state index is 0.279. The zero-order valence-electron chi connectivity index (χ0n) is 13.7. The molecule has 0 aromatic heterocycles. The molecule has 2 aromatic rings. The third-order valence-electron chi connectivity index (χ3n) is 4.53. The Morgan fingerprint density at radius 2 is 1.32 bits per heavy atom. The van der Waals surface area contributed by atoms with Crippen molar-refractivity contribution in [1.29, 1.82) is 0 Å². The summed E-state index contributed by atoms with van der Waals surface area (Å²) in [5, 5.41) is 0. The number of carbonyl (C=O) groups is 1. The van der Waals surface area contributed by atoms with Gasteiger partial charge < -0.3 is 0 Å². The molecule has 22 heavy (non-hydrogen) atoms. The fourth-order valence-corrected chi connectivity index (χ4v) is 3.15. The number of hydrogen-bond donors (Lipinski definition) is 0. The van der Waals surface area contributed by atoms with Gasteiger partial charge in [-0.3, -0.25) is 4.79 Å². The topological polar surface area (TPSA) is 17.1 Å². The van der Waals surface area contributed by atoms with Crippen molar-refractivity contribution in [3.05, 3.63) is 71.8 Å². The zero-order valence-corrected chi connectivity index (χ0v) is 13.7. The molecule has 2 aromatic carbocycles. The Balaban J connectivity index is 2.30. The molecule has 0 saturated heterocycles. The Kier molecular flexibility index (Phi) is 5.94. The summed E-state index contributed by atoms with van der Waals surface area (Å²) in [4.78, 5) is 12.6. The first kappa shape index (κ1) is 16.5. The van der Waals surface area contributed by atoms with Gasteiger partial charge in [-0.05, 0) is 37.3 Å². The fraction of sp³-hybridized carbons (Fsp3) is 0.381. The summed E-state index contributed by atoms with van der Waals surface area (Å²) in [6.07, 6.45) is 4.84. The molecule has 0 aliphatic rings. The summed E-state index contributed by atoms with van der Waals surface area (Å²) >= 11 is 0. The van der Waals surface area contributed by atoms with E-state index in [4.69, 9.17) is 0 Å². The Morgan fingerprint density at radius 1 is 0.864 bits per heavy atom. The fourth-order valence-electron chi connectivity index (χ4n) is 3.15. The van der Waals surface area contributed by atoms with Crippen molar-refractivity contribution < 1.29 is 4.79 Å². The van der Waals surface area contributed by atoms with Gasteiger partial charge in [0.05, 0.1) is 0 Å². The van der Waals surface area contributed by atoms with Gasteiger partial charge in [-0.2, -0.15) is 0 Å². The van der Waals surface area contributed by atoms with Gasteiger partial charge in [0.25, 0.3) is 0 Å². The van der Waals surface area contributed by atoms with Crippen LogP contribution in [-0.4, -0.2) is 5.78 Å². The molecule has 0 bridgehead atoms. The van der Waals surface area contributed by atoms with Crippen LogP contribution in [0.5, 0.6) is 0 Å². The van der Waals surface area contributed by atoms with Crippen molar-refractivity contribution in [1.82, 2.24) is 0 Å². The SMILES string of the molecule is CCCCC(Cc1ccccc1)(Cc1ccccc1)C(C)=O. The van der Waals surface area contributed by atoms with Crippen LogP contribution in [0.4, 0.5) is 0 Å². The third-order valence-corrected chi connectivity index (χ3v) is 4.53. The molecule has 0 spiro atoms. The summed E-state index contributed by atoms with van der Waals surface area (Å²) in [6, 6.07) is 20.8. The van der Waals surface area contributed by atoms with E-state index in [1.807, 2.05) is 12.1 Å². The van der Waals surface area contributed by atoms with E-state index >= 15 is 0 Å². The Labute approximate surface area is 134 Å². The second kappa shape index (κ2) is 7.93. The van der Waals surface area contributed by atoms with Crippen molar-refractivity contribution in [2.45, 2.75) is 46.0 Å². The molecular weight excluding hydrogens is 268 g/mol. The number of Topliss-reactive ketones (excluding diaryl/α,β-unsaturated/α-hetero) is 1. The van der Waals surface area contributed by atoms with Crippen molar-refractivity contribution in [3.8, 4) is 0 Å². The van der Waals surface area contributed by atoms with E-state index in [2.05, 4.69) is 55.5 Å². The third kappa shape index (κ3) is 4.30. The Morgan fingerprint density at radius 3 is 1.68 bits per heavy atom. The number of carbonyl (C=O) groups excluding carboxylic acids is 1. The van der Waals surface area contributed by atoms with E-state index in [0.29, 0.717) is 5.78 Å². The maximum atomic E-state index is 12.6. The molecule has 0 heterocycles. The summed E-state index contributed by atoms with van der Waals surface area (Å²) in [5.41, 5.74) is 2.23. The molecule has 0 fully saturated rings. The molecule has 1 nitrogen and oxygen atoms in total. The first-order valence-corrected chi connectivity index (χ1v) is 8.25. The minimum atomic E-state index is -0.279. The lowest BCUT2D eigenvalue weighted by Crippen LogP contribution is -2.34. The summed E-state index contributed by atoms with van der Waals surface area (Å²) in [7, 11) is 0. The monoisotopic (exact) mass is 294 g/mol. The number of unbranched alkanes of at least 4 members (excludes halogenated alkanes) is 1. The first-order valence-electron chi connectivity index (χ1n) is 8.25. The van der Waals surface area contributed by atoms with Crippen LogP contribution in [0.2, 0.25) is 0 Å². The molecule has 116 valence electrons. The van der Waals surface area contributed by atoms with Crippen molar-refractivity contribution >= 4 is 5.78 Å². The maximum Gasteiger partial charge on any atom is 0.136 e. The van der Waals surface area contributed by atoms with Crippen LogP contribution in [0.15, 0.2) is 60.7 Å². The lowest BCUT2D eigenvalue weighted by Gasteiger charge is -2.32. The quantitative estimate of drug-likeness (QED) is 0.651. The molecule has 0 aliphatic carbocycles. The molecule has 0 atom stereocenters. The van der Waals surface area contributed by atoms with Crippen LogP contribution in [0, 0.1) is 5.41 Å². The smallest absolute Gasteiger partial charge is 0.136 e. The average molecular weight is 294 g/mol. The highest BCUT2D eigenvalue weighted by Crippen LogP contribution is 2.34. The number of benzene rings is 2. The van der Waals surface area contributed by atoms with Crippen molar-refractivity contribution in [3.63, 3.8) is 0 Å². The highest BCUT2D eigenvalue weighted by molar-refractivity contribution is 5.83. The molecule has 2 rings (SSSR count). The summed E-state index contributed by atoms with van der Waals surface area (Å²) in [6.45, 7) is 3.96. The van der Waals surface area contributed by atoms with Gasteiger partial charge in [0, 0.05) is 5.41 Å². The van der Waals surface area contributed by atoms with Crippen LogP contribution in [0.3, 0.4) is 0 Å². The van der Waals surface area contributed by atoms with Gasteiger partial charge in [-0.1, -0.05) is 80.4 Å². The van der Waals surface area contributed by atoms with Crippen LogP contribution in [0.25, 0.3) is 0 Å². The van der Waals surface area contributed by atoms with Gasteiger partial charge in [-0.25, -0.2) is 0 Å². The van der Waals surface area contributed by atoms with Crippen LogP contribution >= 0.6 is 0 Å². The lowest BCUT2D eigenvalue weighted by atomic mass is 9.70. The van der Waals surface area contributed by atoms with Crippen LogP contribution in [-0.2, 0) is 17.6 Å².